The number of carbonyl (C=O) groups excluding carboxylic acids is 3. The maximum atomic E-state index is 13.6. The molecule has 1 aliphatic rings. The molecule has 0 bridgehead atoms. The lowest BCUT2D eigenvalue weighted by molar-refractivity contribution is -0.144. The number of likely N-dealkylation sites (tertiary alicyclic amines) is 1. The van der Waals surface area contributed by atoms with E-state index in [1.165, 1.54) is 17.0 Å². The summed E-state index contributed by atoms with van der Waals surface area (Å²) >= 11 is 3.97. The number of phenolic OH excluding ortho intramolecular Hbond substituents is 1. The van der Waals surface area contributed by atoms with Crippen LogP contribution in [0, 0.1) is 0 Å². The standard InChI is InChI=1S/C26H32N4O6S/c27-19(13-17-8-10-18(31)11-9-17)23(32)28-20(14-16-5-2-1-3-6-16)25(34)30-12-4-7-22(30)24(33)29-21(15-37)26(35)36/h1-3,5-6,8-11,19-22,31,37H,4,7,12-15,27H2,(H,28,32)(H,29,33)(H,35,36). The van der Waals surface area contributed by atoms with Gasteiger partial charge in [-0.15, -0.1) is 0 Å². The zero-order valence-corrected chi connectivity index (χ0v) is 21.1. The topological polar surface area (TPSA) is 162 Å². The molecule has 6 N–H and O–H groups in total. The van der Waals surface area contributed by atoms with Crippen molar-refractivity contribution in [2.75, 3.05) is 12.3 Å². The number of thiol groups is 1. The molecule has 1 saturated heterocycles. The predicted octanol–water partition coefficient (Wildman–Crippen LogP) is 0.480. The second kappa shape index (κ2) is 13.1. The lowest BCUT2D eigenvalue weighted by Crippen LogP contribution is -2.57. The van der Waals surface area contributed by atoms with Crippen molar-refractivity contribution in [2.24, 2.45) is 5.73 Å². The van der Waals surface area contributed by atoms with Crippen molar-refractivity contribution in [1.82, 2.24) is 15.5 Å². The van der Waals surface area contributed by atoms with Crippen molar-refractivity contribution in [1.29, 1.82) is 0 Å². The number of amides is 3. The smallest absolute Gasteiger partial charge is 0.327 e. The summed E-state index contributed by atoms with van der Waals surface area (Å²) in [6.07, 6.45) is 1.33. The van der Waals surface area contributed by atoms with Gasteiger partial charge in [-0.1, -0.05) is 42.5 Å². The lowest BCUT2D eigenvalue weighted by atomic mass is 10.0. The Morgan fingerprint density at radius 1 is 0.973 bits per heavy atom. The summed E-state index contributed by atoms with van der Waals surface area (Å²) in [4.78, 5) is 52.2. The number of phenols is 1. The highest BCUT2D eigenvalue weighted by Gasteiger charge is 2.39. The van der Waals surface area contributed by atoms with E-state index in [1.807, 2.05) is 30.3 Å². The van der Waals surface area contributed by atoms with Gasteiger partial charge in [0.2, 0.25) is 17.7 Å². The fourth-order valence-electron chi connectivity index (χ4n) is 4.26. The number of aromatic hydroxyl groups is 1. The van der Waals surface area contributed by atoms with Crippen molar-refractivity contribution < 1.29 is 29.4 Å². The van der Waals surface area contributed by atoms with Crippen LogP contribution in [0.15, 0.2) is 54.6 Å². The number of benzene rings is 2. The fraction of sp³-hybridized carbons (Fsp3) is 0.385. The van der Waals surface area contributed by atoms with Gasteiger partial charge in [-0.05, 0) is 42.5 Å². The third-order valence-corrected chi connectivity index (χ3v) is 6.63. The van der Waals surface area contributed by atoms with E-state index in [1.54, 1.807) is 12.1 Å². The van der Waals surface area contributed by atoms with Gasteiger partial charge in [0.25, 0.3) is 0 Å². The number of hydrogen-bond acceptors (Lipinski definition) is 7. The Kier molecular flexibility index (Phi) is 9.93. The van der Waals surface area contributed by atoms with E-state index >= 15 is 0 Å². The van der Waals surface area contributed by atoms with E-state index in [9.17, 15) is 29.4 Å². The highest BCUT2D eigenvalue weighted by molar-refractivity contribution is 7.80. The van der Waals surface area contributed by atoms with Gasteiger partial charge in [-0.25, -0.2) is 4.79 Å². The number of carbonyl (C=O) groups is 4. The summed E-state index contributed by atoms with van der Waals surface area (Å²) in [5, 5.41) is 23.9. The number of rotatable bonds is 11. The molecule has 0 spiro atoms. The largest absolute Gasteiger partial charge is 0.508 e. The van der Waals surface area contributed by atoms with Crippen molar-refractivity contribution in [3.05, 3.63) is 65.7 Å². The van der Waals surface area contributed by atoms with Gasteiger partial charge >= 0.3 is 5.97 Å². The summed E-state index contributed by atoms with van der Waals surface area (Å²) in [6.45, 7) is 0.302. The van der Waals surface area contributed by atoms with Crippen LogP contribution in [0.2, 0.25) is 0 Å². The van der Waals surface area contributed by atoms with Gasteiger partial charge in [0.05, 0.1) is 6.04 Å². The van der Waals surface area contributed by atoms with Crippen molar-refractivity contribution in [3.8, 4) is 5.75 Å². The number of nitrogens with two attached hydrogens (primary N) is 1. The minimum Gasteiger partial charge on any atom is -0.508 e. The van der Waals surface area contributed by atoms with E-state index in [4.69, 9.17) is 5.73 Å². The Labute approximate surface area is 220 Å². The van der Waals surface area contributed by atoms with E-state index < -0.39 is 47.9 Å². The molecule has 0 aromatic heterocycles. The molecule has 3 rings (SSSR count). The minimum absolute atomic E-state index is 0.0899. The Morgan fingerprint density at radius 3 is 2.24 bits per heavy atom. The third kappa shape index (κ3) is 7.70. The van der Waals surface area contributed by atoms with Gasteiger partial charge < -0.3 is 31.5 Å². The zero-order chi connectivity index (χ0) is 26.9. The second-order valence-corrected chi connectivity index (χ2v) is 9.36. The Balaban J connectivity index is 1.75. The van der Waals surface area contributed by atoms with Gasteiger partial charge in [0.15, 0.2) is 0 Å². The third-order valence-electron chi connectivity index (χ3n) is 6.26. The maximum Gasteiger partial charge on any atom is 0.327 e. The molecule has 4 atom stereocenters. The maximum absolute atomic E-state index is 13.6. The molecule has 0 saturated carbocycles. The van der Waals surface area contributed by atoms with E-state index in [0.717, 1.165) is 11.1 Å². The molecule has 10 nitrogen and oxygen atoms in total. The highest BCUT2D eigenvalue weighted by Crippen LogP contribution is 2.20. The summed E-state index contributed by atoms with van der Waals surface area (Å²) in [5.41, 5.74) is 7.69. The first kappa shape index (κ1) is 28.0. The Bertz CT molecular complexity index is 1100. The molecule has 2 aromatic rings. The first-order valence-electron chi connectivity index (χ1n) is 12.0. The number of nitrogens with zero attached hydrogens (tertiary/aromatic N) is 1. The summed E-state index contributed by atoms with van der Waals surface area (Å²) < 4.78 is 0. The summed E-state index contributed by atoms with van der Waals surface area (Å²) in [5.74, 6) is -2.73. The van der Waals surface area contributed by atoms with Crippen LogP contribution in [0.1, 0.15) is 24.0 Å². The van der Waals surface area contributed by atoms with Crippen LogP contribution in [0.3, 0.4) is 0 Å². The molecule has 1 heterocycles. The first-order chi connectivity index (χ1) is 17.7. The summed E-state index contributed by atoms with van der Waals surface area (Å²) in [6, 6.07) is 11.5. The molecule has 0 radical (unpaired) electrons. The van der Waals surface area contributed by atoms with Crippen molar-refractivity contribution in [2.45, 2.75) is 49.9 Å². The molecule has 37 heavy (non-hydrogen) atoms. The molecule has 198 valence electrons. The van der Waals surface area contributed by atoms with E-state index in [0.29, 0.717) is 19.4 Å². The highest BCUT2D eigenvalue weighted by atomic mass is 32.1. The number of hydrogen-bond donors (Lipinski definition) is 6. The van der Waals surface area contributed by atoms with Crippen LogP contribution in [0.4, 0.5) is 0 Å². The second-order valence-electron chi connectivity index (χ2n) is 9.00. The number of carboxylic acids is 1. The molecular formula is C26H32N4O6S. The van der Waals surface area contributed by atoms with Crippen LogP contribution in [-0.2, 0) is 32.0 Å². The van der Waals surface area contributed by atoms with Crippen LogP contribution >= 0.6 is 12.6 Å². The molecule has 11 heteroatoms. The predicted molar refractivity (Wildman–Crippen MR) is 140 cm³/mol. The molecule has 2 aromatic carbocycles. The fourth-order valence-corrected chi connectivity index (χ4v) is 4.51. The molecule has 3 amide bonds. The molecular weight excluding hydrogens is 496 g/mol. The molecule has 0 aliphatic carbocycles. The van der Waals surface area contributed by atoms with Gasteiger partial charge in [0, 0.05) is 18.7 Å². The van der Waals surface area contributed by atoms with Crippen molar-refractivity contribution >= 4 is 36.3 Å². The van der Waals surface area contributed by atoms with E-state index in [2.05, 4.69) is 23.3 Å². The van der Waals surface area contributed by atoms with Crippen LogP contribution in [0.25, 0.3) is 0 Å². The van der Waals surface area contributed by atoms with Gasteiger partial charge in [0.1, 0.15) is 23.9 Å². The van der Waals surface area contributed by atoms with Gasteiger partial charge in [-0.2, -0.15) is 12.6 Å². The minimum atomic E-state index is -1.21. The molecule has 4 unspecified atom stereocenters. The Hall–Kier alpha value is -3.57. The van der Waals surface area contributed by atoms with Crippen LogP contribution in [-0.4, -0.2) is 75.3 Å². The lowest BCUT2D eigenvalue weighted by Gasteiger charge is -2.30. The number of carboxylic acid groups (broad SMARTS) is 1. The SMILES string of the molecule is NC(Cc1ccc(O)cc1)C(=O)NC(Cc1ccccc1)C(=O)N1CCCC1C(=O)NC(CS)C(=O)O. The van der Waals surface area contributed by atoms with E-state index in [-0.39, 0.29) is 24.3 Å². The van der Waals surface area contributed by atoms with Gasteiger partial charge in [-0.3, -0.25) is 14.4 Å². The molecule has 1 fully saturated rings. The number of aliphatic carboxylic acids is 1. The zero-order valence-electron chi connectivity index (χ0n) is 20.2. The summed E-state index contributed by atoms with van der Waals surface area (Å²) in [7, 11) is 0. The van der Waals surface area contributed by atoms with Crippen LogP contribution in [0.5, 0.6) is 5.75 Å². The first-order valence-corrected chi connectivity index (χ1v) is 12.6. The average molecular weight is 529 g/mol. The normalized spacial score (nSPS) is 17.5. The Morgan fingerprint density at radius 2 is 1.62 bits per heavy atom. The molecule has 1 aliphatic heterocycles. The average Bonchev–Trinajstić information content (AvgIpc) is 3.38. The van der Waals surface area contributed by atoms with Crippen molar-refractivity contribution in [3.63, 3.8) is 0 Å². The quantitative estimate of drug-likeness (QED) is 0.231. The van der Waals surface area contributed by atoms with Crippen LogP contribution < -0.4 is 16.4 Å². The monoisotopic (exact) mass is 528 g/mol. The number of nitrogens with one attached hydrogen (secondary N) is 2.